The topological polar surface area (TPSA) is 3.24 Å². The van der Waals surface area contributed by atoms with Gasteiger partial charge in [0.1, 0.15) is 4.32 Å². The Kier molecular flexibility index (Phi) is 4.64. The van der Waals surface area contributed by atoms with Crippen molar-refractivity contribution in [1.29, 1.82) is 0 Å². The Morgan fingerprint density at radius 2 is 2.55 bits per heavy atom. The van der Waals surface area contributed by atoms with Crippen LogP contribution in [0, 0.1) is 0 Å². The molecule has 0 unspecified atom stereocenters. The van der Waals surface area contributed by atoms with E-state index in [0.29, 0.717) is 0 Å². The van der Waals surface area contributed by atoms with Crippen LogP contribution >= 0.6 is 35.7 Å². The van der Waals surface area contributed by atoms with Gasteiger partial charge in [-0.3, -0.25) is 0 Å². The molecule has 1 aliphatic rings. The first-order valence-corrected chi connectivity index (χ1v) is 6.39. The van der Waals surface area contributed by atoms with Gasteiger partial charge in [0.25, 0.3) is 0 Å². The highest BCUT2D eigenvalue weighted by molar-refractivity contribution is 8.23. The molecule has 0 saturated carbocycles. The van der Waals surface area contributed by atoms with Crippen molar-refractivity contribution in [2.24, 2.45) is 0 Å². The zero-order valence-corrected chi connectivity index (χ0v) is 9.16. The van der Waals surface area contributed by atoms with Gasteiger partial charge in [0.15, 0.2) is 0 Å². The fourth-order valence-corrected chi connectivity index (χ4v) is 3.15. The number of hydrogen-bond acceptors (Lipinski definition) is 3. The summed E-state index contributed by atoms with van der Waals surface area (Å²) in [6.07, 6.45) is 1.26. The van der Waals surface area contributed by atoms with Gasteiger partial charge in [0.2, 0.25) is 0 Å². The third-order valence-electron chi connectivity index (χ3n) is 1.44. The Morgan fingerprint density at radius 1 is 1.73 bits per heavy atom. The Labute approximate surface area is 82.3 Å². The molecule has 1 rings (SSSR count). The number of thiocarbonyl (C=S) groups is 1. The summed E-state index contributed by atoms with van der Waals surface area (Å²) < 4.78 is 1.09. The molecule has 1 nitrogen and oxygen atoms in total. The summed E-state index contributed by atoms with van der Waals surface area (Å²) in [5.41, 5.74) is 0. The first-order valence-electron chi connectivity index (χ1n) is 3.84. The monoisotopic (exact) mass is 207 g/mol. The number of nitrogens with zero attached hydrogens (tertiary/aromatic N) is 1. The Bertz CT molecular complexity index is 138. The molecule has 4 heteroatoms. The second-order valence-corrected chi connectivity index (χ2v) is 5.22. The molecule has 1 heterocycles. The van der Waals surface area contributed by atoms with Crippen LogP contribution in [-0.2, 0) is 0 Å². The average Bonchev–Trinajstić information content (AvgIpc) is 2.37. The third-order valence-corrected chi connectivity index (χ3v) is 4.14. The van der Waals surface area contributed by atoms with E-state index in [9.17, 15) is 0 Å². The maximum atomic E-state index is 5.17. The lowest BCUT2D eigenvalue weighted by atomic mass is 10.6. The molecule has 1 fully saturated rings. The van der Waals surface area contributed by atoms with Crippen LogP contribution in [0.5, 0.6) is 0 Å². The van der Waals surface area contributed by atoms with Gasteiger partial charge >= 0.3 is 0 Å². The van der Waals surface area contributed by atoms with Gasteiger partial charge in [-0.05, 0) is 12.2 Å². The largest absolute Gasteiger partial charge is 0.347 e. The predicted molar refractivity (Wildman–Crippen MR) is 59.4 cm³/mol. The van der Waals surface area contributed by atoms with Crippen molar-refractivity contribution in [2.45, 2.75) is 13.3 Å². The first-order chi connectivity index (χ1) is 5.34. The lowest BCUT2D eigenvalue weighted by Gasteiger charge is -2.15. The lowest BCUT2D eigenvalue weighted by molar-refractivity contribution is 0.551. The van der Waals surface area contributed by atoms with Crippen LogP contribution in [0.2, 0.25) is 0 Å². The van der Waals surface area contributed by atoms with E-state index < -0.39 is 0 Å². The quantitative estimate of drug-likeness (QED) is 0.514. The molecular weight excluding hydrogens is 194 g/mol. The molecular formula is C7H13NS3. The van der Waals surface area contributed by atoms with Crippen LogP contribution in [0.25, 0.3) is 0 Å². The van der Waals surface area contributed by atoms with Crippen molar-refractivity contribution in [3.63, 3.8) is 0 Å². The molecule has 1 aliphatic heterocycles. The molecule has 0 amide bonds. The molecule has 0 aromatic rings. The van der Waals surface area contributed by atoms with E-state index in [2.05, 4.69) is 11.8 Å². The minimum absolute atomic E-state index is 1.09. The summed E-state index contributed by atoms with van der Waals surface area (Å²) in [5, 5.41) is 0. The smallest absolute Gasteiger partial charge is 0.137 e. The van der Waals surface area contributed by atoms with Crippen LogP contribution in [0.3, 0.4) is 0 Å². The minimum atomic E-state index is 1.09. The van der Waals surface area contributed by atoms with Crippen LogP contribution in [-0.4, -0.2) is 33.1 Å². The van der Waals surface area contributed by atoms with E-state index in [-0.39, 0.29) is 0 Å². The molecule has 0 atom stereocenters. The molecule has 64 valence electrons. The Hall–Kier alpha value is 0.590. The highest BCUT2D eigenvalue weighted by Gasteiger charge is 2.16. The summed E-state index contributed by atoms with van der Waals surface area (Å²) in [5.74, 6) is 3.54. The zero-order chi connectivity index (χ0) is 8.10. The highest BCUT2D eigenvalue weighted by Crippen LogP contribution is 2.20. The summed E-state index contributed by atoms with van der Waals surface area (Å²) in [7, 11) is 0. The van der Waals surface area contributed by atoms with Crippen molar-refractivity contribution in [3.8, 4) is 0 Å². The van der Waals surface area contributed by atoms with Crippen LogP contribution < -0.4 is 0 Å². The average molecular weight is 207 g/mol. The third kappa shape index (κ3) is 3.22. The maximum Gasteiger partial charge on any atom is 0.137 e. The van der Waals surface area contributed by atoms with E-state index in [1.165, 1.54) is 17.9 Å². The van der Waals surface area contributed by atoms with Crippen LogP contribution in [0.15, 0.2) is 0 Å². The lowest BCUT2D eigenvalue weighted by Crippen LogP contribution is -2.22. The molecule has 0 bridgehead atoms. The number of hydrogen-bond donors (Lipinski definition) is 0. The van der Waals surface area contributed by atoms with Crippen molar-refractivity contribution in [2.75, 3.05) is 23.9 Å². The van der Waals surface area contributed by atoms with Crippen molar-refractivity contribution >= 4 is 40.1 Å². The Morgan fingerprint density at radius 3 is 3.09 bits per heavy atom. The summed E-state index contributed by atoms with van der Waals surface area (Å²) in [4.78, 5) is 2.29. The van der Waals surface area contributed by atoms with E-state index in [1.807, 2.05) is 23.5 Å². The molecule has 0 aromatic heterocycles. The Balaban J connectivity index is 2.10. The summed E-state index contributed by atoms with van der Waals surface area (Å²) in [6, 6.07) is 0. The van der Waals surface area contributed by atoms with Crippen LogP contribution in [0.1, 0.15) is 13.3 Å². The fraction of sp³-hybridized carbons (Fsp3) is 0.857. The standard InChI is InChI=1S/C7H13NS3/c1-2-4-10-6-8-3-5-11-7(8)9/h2-6H2,1H3. The van der Waals surface area contributed by atoms with Crippen LogP contribution in [0.4, 0.5) is 0 Å². The minimum Gasteiger partial charge on any atom is -0.347 e. The van der Waals surface area contributed by atoms with Crippen molar-refractivity contribution in [1.82, 2.24) is 4.90 Å². The second kappa shape index (κ2) is 5.27. The van der Waals surface area contributed by atoms with Gasteiger partial charge in [0, 0.05) is 12.3 Å². The number of rotatable bonds is 4. The van der Waals surface area contributed by atoms with E-state index in [4.69, 9.17) is 12.2 Å². The highest BCUT2D eigenvalue weighted by atomic mass is 32.2. The maximum absolute atomic E-state index is 5.17. The van der Waals surface area contributed by atoms with Gasteiger partial charge in [-0.25, -0.2) is 0 Å². The zero-order valence-electron chi connectivity index (χ0n) is 6.71. The van der Waals surface area contributed by atoms with Gasteiger partial charge in [-0.1, -0.05) is 30.9 Å². The van der Waals surface area contributed by atoms with E-state index in [0.717, 1.165) is 16.7 Å². The van der Waals surface area contributed by atoms with Gasteiger partial charge < -0.3 is 4.90 Å². The molecule has 0 N–H and O–H groups in total. The summed E-state index contributed by atoms with van der Waals surface area (Å²) >= 11 is 8.95. The van der Waals surface area contributed by atoms with E-state index >= 15 is 0 Å². The van der Waals surface area contributed by atoms with Gasteiger partial charge in [0.05, 0.1) is 5.88 Å². The predicted octanol–water partition coefficient (Wildman–Crippen LogP) is 2.42. The molecule has 0 radical (unpaired) electrons. The SMILES string of the molecule is CCCSCN1CCSC1=S. The second-order valence-electron chi connectivity index (χ2n) is 2.42. The summed E-state index contributed by atoms with van der Waals surface area (Å²) in [6.45, 7) is 3.37. The van der Waals surface area contributed by atoms with Gasteiger partial charge in [-0.2, -0.15) is 0 Å². The fourth-order valence-electron chi connectivity index (χ4n) is 0.862. The van der Waals surface area contributed by atoms with Crippen molar-refractivity contribution in [3.05, 3.63) is 0 Å². The molecule has 0 aliphatic carbocycles. The molecule has 0 aromatic carbocycles. The number of thioether (sulfide) groups is 2. The molecule has 11 heavy (non-hydrogen) atoms. The van der Waals surface area contributed by atoms with Gasteiger partial charge in [-0.15, -0.1) is 11.8 Å². The molecule has 1 saturated heterocycles. The first kappa shape index (κ1) is 9.68. The van der Waals surface area contributed by atoms with Crippen molar-refractivity contribution < 1.29 is 0 Å². The normalized spacial score (nSPS) is 17.9. The van der Waals surface area contributed by atoms with E-state index in [1.54, 1.807) is 0 Å². The molecule has 0 spiro atoms.